The number of methoxy groups -OCH3 is 1. The molecule has 0 spiro atoms. The third-order valence-corrected chi connectivity index (χ3v) is 6.39. The zero-order valence-electron chi connectivity index (χ0n) is 17.7. The van der Waals surface area contributed by atoms with Crippen LogP contribution in [0.15, 0.2) is 63.9 Å². The van der Waals surface area contributed by atoms with Crippen molar-refractivity contribution < 1.29 is 23.5 Å². The van der Waals surface area contributed by atoms with E-state index in [0.717, 1.165) is 5.75 Å². The molecule has 9 heteroatoms. The highest BCUT2D eigenvalue weighted by Crippen LogP contribution is 2.37. The van der Waals surface area contributed by atoms with Crippen LogP contribution >= 0.6 is 35.6 Å². The molecule has 0 bridgehead atoms. The first kappa shape index (κ1) is 23.1. The summed E-state index contributed by atoms with van der Waals surface area (Å²) in [6.07, 6.45) is 1.65. The number of nitrogens with zero attached hydrogens (tertiary/aromatic N) is 1. The van der Waals surface area contributed by atoms with Crippen LogP contribution in [0, 0.1) is 0 Å². The second-order valence-electron chi connectivity index (χ2n) is 6.83. The van der Waals surface area contributed by atoms with Crippen LogP contribution < -0.4 is 9.64 Å². The van der Waals surface area contributed by atoms with Crippen LogP contribution in [-0.4, -0.2) is 29.9 Å². The normalized spacial score (nSPS) is 14.8. The predicted molar refractivity (Wildman–Crippen MR) is 134 cm³/mol. The van der Waals surface area contributed by atoms with E-state index in [1.807, 2.05) is 6.92 Å². The summed E-state index contributed by atoms with van der Waals surface area (Å²) in [5, 5.41) is 0.287. The Morgan fingerprint density at radius 3 is 2.64 bits per heavy atom. The molecule has 1 aromatic heterocycles. The molecule has 168 valence electrons. The minimum absolute atomic E-state index is 0.230. The molecule has 1 aliphatic rings. The fraction of sp³-hybridized carbons (Fsp3) is 0.125. The Hall–Kier alpha value is -3.07. The van der Waals surface area contributed by atoms with Gasteiger partial charge in [0.2, 0.25) is 0 Å². The summed E-state index contributed by atoms with van der Waals surface area (Å²) in [5.74, 6) is 0.956. The molecule has 0 atom stereocenters. The Morgan fingerprint density at radius 2 is 1.94 bits per heavy atom. The lowest BCUT2D eigenvalue weighted by Gasteiger charge is -2.15. The lowest BCUT2D eigenvalue weighted by Crippen LogP contribution is -2.27. The molecule has 1 fully saturated rings. The molecule has 4 rings (SSSR count). The van der Waals surface area contributed by atoms with Crippen molar-refractivity contribution in [3.63, 3.8) is 0 Å². The topological polar surface area (TPSA) is 69.0 Å². The number of carbonyl (C=O) groups excluding carboxylic acids is 2. The smallest absolute Gasteiger partial charge is 0.339 e. The number of hydrogen-bond donors (Lipinski definition) is 0. The van der Waals surface area contributed by atoms with Crippen LogP contribution in [0.3, 0.4) is 0 Å². The van der Waals surface area contributed by atoms with Gasteiger partial charge in [-0.3, -0.25) is 9.69 Å². The molecule has 33 heavy (non-hydrogen) atoms. The van der Waals surface area contributed by atoms with Gasteiger partial charge in [-0.25, -0.2) is 4.79 Å². The average molecular weight is 500 g/mol. The molecule has 2 aromatic carbocycles. The second-order valence-corrected chi connectivity index (χ2v) is 8.92. The quantitative estimate of drug-likeness (QED) is 0.227. The first-order chi connectivity index (χ1) is 15.9. The van der Waals surface area contributed by atoms with E-state index in [0.29, 0.717) is 38.6 Å². The SMILES string of the molecule is CCOc1ccc(N2C(=O)/C(=C\c3ccc(-c4ccc(Cl)c(C(=O)OC)c4)o3)SC2=S)cc1. The summed E-state index contributed by atoms with van der Waals surface area (Å²) in [7, 11) is 1.29. The molecule has 0 radical (unpaired) electrons. The van der Waals surface area contributed by atoms with Gasteiger partial charge in [0.25, 0.3) is 5.91 Å². The maximum Gasteiger partial charge on any atom is 0.339 e. The van der Waals surface area contributed by atoms with Gasteiger partial charge in [0.1, 0.15) is 17.3 Å². The van der Waals surface area contributed by atoms with Gasteiger partial charge in [0.05, 0.1) is 34.9 Å². The maximum atomic E-state index is 13.0. The van der Waals surface area contributed by atoms with Gasteiger partial charge in [-0.2, -0.15) is 0 Å². The summed E-state index contributed by atoms with van der Waals surface area (Å²) >= 11 is 12.7. The molecule has 2 heterocycles. The first-order valence-corrected chi connectivity index (χ1v) is 11.5. The van der Waals surface area contributed by atoms with Gasteiger partial charge in [0, 0.05) is 11.6 Å². The highest BCUT2D eigenvalue weighted by atomic mass is 35.5. The molecular weight excluding hydrogens is 482 g/mol. The summed E-state index contributed by atoms with van der Waals surface area (Å²) in [6, 6.07) is 15.6. The number of benzene rings is 2. The van der Waals surface area contributed by atoms with Crippen LogP contribution in [0.5, 0.6) is 5.75 Å². The molecule has 0 aliphatic carbocycles. The third-order valence-electron chi connectivity index (χ3n) is 4.76. The number of ether oxygens (including phenoxy) is 2. The van der Waals surface area contributed by atoms with E-state index in [-0.39, 0.29) is 16.5 Å². The third kappa shape index (κ3) is 4.83. The summed E-state index contributed by atoms with van der Waals surface area (Å²) in [4.78, 5) is 26.8. The van der Waals surface area contributed by atoms with E-state index in [9.17, 15) is 9.59 Å². The fourth-order valence-electron chi connectivity index (χ4n) is 3.21. The molecule has 3 aromatic rings. The lowest BCUT2D eigenvalue weighted by molar-refractivity contribution is -0.113. The number of thioether (sulfide) groups is 1. The van der Waals surface area contributed by atoms with Crippen LogP contribution in [-0.2, 0) is 9.53 Å². The number of hydrogen-bond acceptors (Lipinski definition) is 7. The lowest BCUT2D eigenvalue weighted by atomic mass is 10.1. The number of carbonyl (C=O) groups is 2. The molecule has 6 nitrogen and oxygen atoms in total. The molecule has 1 saturated heterocycles. The fourth-order valence-corrected chi connectivity index (χ4v) is 4.68. The molecule has 1 aliphatic heterocycles. The number of esters is 1. The van der Waals surface area contributed by atoms with Gasteiger partial charge in [-0.15, -0.1) is 0 Å². The van der Waals surface area contributed by atoms with E-state index < -0.39 is 5.97 Å². The number of thiocarbonyl (C=S) groups is 1. The van der Waals surface area contributed by atoms with Crippen molar-refractivity contribution in [3.05, 3.63) is 75.8 Å². The maximum absolute atomic E-state index is 13.0. The minimum atomic E-state index is -0.536. The monoisotopic (exact) mass is 499 g/mol. The van der Waals surface area contributed by atoms with Gasteiger partial charge in [0.15, 0.2) is 4.32 Å². The van der Waals surface area contributed by atoms with Gasteiger partial charge >= 0.3 is 5.97 Å². The van der Waals surface area contributed by atoms with Crippen molar-refractivity contribution in [1.29, 1.82) is 0 Å². The highest BCUT2D eigenvalue weighted by molar-refractivity contribution is 8.27. The standard InChI is InChI=1S/C24H18ClNO5S2/c1-3-30-16-7-5-15(6-8-16)26-22(27)21(33-24(26)32)13-17-9-11-20(31-17)14-4-10-19(25)18(12-14)23(28)29-2/h4-13H,3H2,1-2H3/b21-13+. The van der Waals surface area contributed by atoms with Crippen LogP contribution in [0.4, 0.5) is 5.69 Å². The number of rotatable bonds is 6. The number of amides is 1. The average Bonchev–Trinajstić information content (AvgIpc) is 3.39. The van der Waals surface area contributed by atoms with Crippen LogP contribution in [0.1, 0.15) is 23.0 Å². The van der Waals surface area contributed by atoms with E-state index in [1.165, 1.54) is 23.8 Å². The van der Waals surface area contributed by atoms with Gasteiger partial charge in [-0.1, -0.05) is 35.6 Å². The highest BCUT2D eigenvalue weighted by Gasteiger charge is 2.33. The molecule has 0 unspecified atom stereocenters. The van der Waals surface area contributed by atoms with Crippen molar-refractivity contribution in [1.82, 2.24) is 0 Å². The van der Waals surface area contributed by atoms with E-state index in [4.69, 9.17) is 37.7 Å². The molecule has 0 saturated carbocycles. The molecule has 1 amide bonds. The Labute approximate surface area is 205 Å². The van der Waals surface area contributed by atoms with E-state index in [2.05, 4.69) is 0 Å². The first-order valence-electron chi connectivity index (χ1n) is 9.90. The second kappa shape index (κ2) is 9.82. The van der Waals surface area contributed by atoms with E-state index >= 15 is 0 Å². The van der Waals surface area contributed by atoms with Gasteiger partial charge < -0.3 is 13.9 Å². The minimum Gasteiger partial charge on any atom is -0.494 e. The molecular formula is C24H18ClNO5S2. The Balaban J connectivity index is 1.57. The predicted octanol–water partition coefficient (Wildman–Crippen LogP) is 6.19. The number of halogens is 1. The van der Waals surface area contributed by atoms with Crippen molar-refractivity contribution in [2.45, 2.75) is 6.92 Å². The number of anilines is 1. The summed E-state index contributed by atoms with van der Waals surface area (Å²) in [5.41, 5.74) is 1.56. The summed E-state index contributed by atoms with van der Waals surface area (Å²) in [6.45, 7) is 2.47. The molecule has 0 N–H and O–H groups in total. The van der Waals surface area contributed by atoms with Crippen molar-refractivity contribution >= 4 is 63.5 Å². The van der Waals surface area contributed by atoms with Crippen molar-refractivity contribution in [3.8, 4) is 17.1 Å². The van der Waals surface area contributed by atoms with Gasteiger partial charge in [-0.05, 0) is 61.5 Å². The van der Waals surface area contributed by atoms with Crippen LogP contribution in [0.2, 0.25) is 5.02 Å². The van der Waals surface area contributed by atoms with E-state index in [1.54, 1.807) is 60.7 Å². The Morgan fingerprint density at radius 1 is 1.18 bits per heavy atom. The Kier molecular flexibility index (Phi) is 6.88. The Bertz CT molecular complexity index is 1270. The zero-order chi connectivity index (χ0) is 23.5. The van der Waals surface area contributed by atoms with Crippen molar-refractivity contribution in [2.24, 2.45) is 0 Å². The summed E-state index contributed by atoms with van der Waals surface area (Å²) < 4.78 is 16.5. The number of furan rings is 1. The largest absolute Gasteiger partial charge is 0.494 e. The zero-order valence-corrected chi connectivity index (χ0v) is 20.1. The van der Waals surface area contributed by atoms with Crippen molar-refractivity contribution in [2.75, 3.05) is 18.6 Å². The van der Waals surface area contributed by atoms with Crippen LogP contribution in [0.25, 0.3) is 17.4 Å².